The van der Waals surface area contributed by atoms with Gasteiger partial charge in [-0.15, -0.1) is 0 Å². The van der Waals surface area contributed by atoms with Crippen LogP contribution in [0.3, 0.4) is 0 Å². The Morgan fingerprint density at radius 3 is 2.54 bits per heavy atom. The lowest BCUT2D eigenvalue weighted by Crippen LogP contribution is -2.80. The van der Waals surface area contributed by atoms with E-state index in [0.29, 0.717) is 12.2 Å². The van der Waals surface area contributed by atoms with Crippen molar-refractivity contribution in [1.82, 2.24) is 0 Å². The lowest BCUT2D eigenvalue weighted by Gasteiger charge is -2.02. The second kappa shape index (κ2) is 7.66. The Balaban J connectivity index is 1.59. The molecule has 0 saturated heterocycles. The van der Waals surface area contributed by atoms with E-state index in [1.54, 1.807) is 25.3 Å². The number of benzene rings is 1. The van der Waals surface area contributed by atoms with Crippen molar-refractivity contribution in [3.63, 3.8) is 0 Å². The molecule has 5 nitrogen and oxygen atoms in total. The molecule has 0 bridgehead atoms. The SMILES string of the molecule is CCOC(=O)c1ccc(-c2ccc(C[NH2+]Cc3ccco3)o2)cc1. The summed E-state index contributed by atoms with van der Waals surface area (Å²) in [5.74, 6) is 2.31. The van der Waals surface area contributed by atoms with Crippen molar-refractivity contribution < 1.29 is 23.7 Å². The molecule has 0 aliphatic heterocycles. The molecule has 0 atom stereocenters. The van der Waals surface area contributed by atoms with E-state index in [-0.39, 0.29) is 5.97 Å². The molecule has 0 aliphatic carbocycles. The summed E-state index contributed by atoms with van der Waals surface area (Å²) in [4.78, 5) is 11.7. The number of carbonyl (C=O) groups is 1. The number of furan rings is 2. The van der Waals surface area contributed by atoms with Crippen LogP contribution in [0.15, 0.2) is 63.6 Å². The maximum atomic E-state index is 11.7. The van der Waals surface area contributed by atoms with Gasteiger partial charge < -0.3 is 18.9 Å². The van der Waals surface area contributed by atoms with Crippen molar-refractivity contribution in [2.75, 3.05) is 6.61 Å². The Hall–Kier alpha value is -2.79. The molecule has 2 heterocycles. The first-order chi connectivity index (χ1) is 11.8. The van der Waals surface area contributed by atoms with Gasteiger partial charge in [-0.2, -0.15) is 0 Å². The van der Waals surface area contributed by atoms with Crippen LogP contribution in [0.4, 0.5) is 0 Å². The molecule has 5 heteroatoms. The monoisotopic (exact) mass is 326 g/mol. The van der Waals surface area contributed by atoms with Gasteiger partial charge in [0.05, 0.1) is 18.4 Å². The maximum absolute atomic E-state index is 11.7. The van der Waals surface area contributed by atoms with Crippen LogP contribution in [0.1, 0.15) is 28.8 Å². The van der Waals surface area contributed by atoms with E-state index in [9.17, 15) is 4.79 Å². The van der Waals surface area contributed by atoms with E-state index < -0.39 is 0 Å². The summed E-state index contributed by atoms with van der Waals surface area (Å²) in [6.07, 6.45) is 1.67. The maximum Gasteiger partial charge on any atom is 0.338 e. The number of rotatable bonds is 7. The quantitative estimate of drug-likeness (QED) is 0.678. The normalized spacial score (nSPS) is 10.7. The number of carbonyl (C=O) groups excluding carboxylic acids is 1. The van der Waals surface area contributed by atoms with Gasteiger partial charge in [0.15, 0.2) is 11.5 Å². The first-order valence-electron chi connectivity index (χ1n) is 7.96. The third kappa shape index (κ3) is 3.94. The lowest BCUT2D eigenvalue weighted by atomic mass is 10.1. The molecule has 0 radical (unpaired) electrons. The fraction of sp³-hybridized carbons (Fsp3) is 0.211. The lowest BCUT2D eigenvalue weighted by molar-refractivity contribution is -0.689. The molecule has 0 aliphatic rings. The second-order valence-electron chi connectivity index (χ2n) is 5.34. The average Bonchev–Trinajstić information content (AvgIpc) is 3.27. The van der Waals surface area contributed by atoms with Gasteiger partial charge in [-0.05, 0) is 43.3 Å². The van der Waals surface area contributed by atoms with Gasteiger partial charge in [-0.1, -0.05) is 12.1 Å². The van der Waals surface area contributed by atoms with E-state index in [1.807, 2.05) is 36.4 Å². The smallest absolute Gasteiger partial charge is 0.338 e. The zero-order valence-corrected chi connectivity index (χ0v) is 13.5. The Morgan fingerprint density at radius 1 is 1.04 bits per heavy atom. The predicted octanol–water partition coefficient (Wildman–Crippen LogP) is 2.98. The van der Waals surface area contributed by atoms with Gasteiger partial charge in [-0.25, -0.2) is 4.79 Å². The average molecular weight is 326 g/mol. The summed E-state index contributed by atoms with van der Waals surface area (Å²) in [6.45, 7) is 3.68. The molecule has 0 fully saturated rings. The number of quaternary nitrogens is 1. The molecule has 24 heavy (non-hydrogen) atoms. The molecule has 2 N–H and O–H groups in total. The predicted molar refractivity (Wildman–Crippen MR) is 88.1 cm³/mol. The third-order valence-electron chi connectivity index (χ3n) is 3.61. The fourth-order valence-corrected chi connectivity index (χ4v) is 2.41. The Morgan fingerprint density at radius 2 is 1.83 bits per heavy atom. The number of hydrogen-bond donors (Lipinski definition) is 1. The molecule has 0 amide bonds. The van der Waals surface area contributed by atoms with Gasteiger partial charge in [0.1, 0.15) is 18.8 Å². The molecular formula is C19H20NO4+. The number of nitrogens with two attached hydrogens (primary N) is 1. The van der Waals surface area contributed by atoms with E-state index in [4.69, 9.17) is 13.6 Å². The van der Waals surface area contributed by atoms with Crippen LogP contribution in [0.5, 0.6) is 0 Å². The summed E-state index contributed by atoms with van der Waals surface area (Å²) in [5.41, 5.74) is 1.47. The van der Waals surface area contributed by atoms with Crippen LogP contribution in [0.25, 0.3) is 11.3 Å². The van der Waals surface area contributed by atoms with Crippen molar-refractivity contribution in [1.29, 1.82) is 0 Å². The molecule has 0 saturated carbocycles. The highest BCUT2D eigenvalue weighted by Gasteiger charge is 2.09. The van der Waals surface area contributed by atoms with Crippen LogP contribution in [0.2, 0.25) is 0 Å². The van der Waals surface area contributed by atoms with Crippen LogP contribution in [-0.4, -0.2) is 12.6 Å². The minimum atomic E-state index is -0.309. The molecule has 1 aromatic carbocycles. The van der Waals surface area contributed by atoms with Crippen molar-refractivity contribution in [3.8, 4) is 11.3 Å². The topological polar surface area (TPSA) is 69.2 Å². The highest BCUT2D eigenvalue weighted by atomic mass is 16.5. The van der Waals surface area contributed by atoms with E-state index in [1.165, 1.54) is 0 Å². The number of hydrogen-bond acceptors (Lipinski definition) is 4. The molecule has 0 spiro atoms. The summed E-state index contributed by atoms with van der Waals surface area (Å²) in [7, 11) is 0. The van der Waals surface area contributed by atoms with E-state index in [2.05, 4.69) is 5.32 Å². The molecule has 0 unspecified atom stereocenters. The summed E-state index contributed by atoms with van der Waals surface area (Å²) in [6, 6.07) is 15.0. The van der Waals surface area contributed by atoms with Gasteiger partial charge in [0.2, 0.25) is 0 Å². The van der Waals surface area contributed by atoms with Crippen molar-refractivity contribution >= 4 is 5.97 Å². The second-order valence-corrected chi connectivity index (χ2v) is 5.34. The molecular weight excluding hydrogens is 306 g/mol. The van der Waals surface area contributed by atoms with Gasteiger partial charge >= 0.3 is 5.97 Å². The largest absolute Gasteiger partial charge is 0.463 e. The van der Waals surface area contributed by atoms with Crippen LogP contribution < -0.4 is 5.32 Å². The fourth-order valence-electron chi connectivity index (χ4n) is 2.41. The highest BCUT2D eigenvalue weighted by molar-refractivity contribution is 5.89. The Kier molecular flexibility index (Phi) is 5.13. The highest BCUT2D eigenvalue weighted by Crippen LogP contribution is 2.22. The van der Waals surface area contributed by atoms with Gasteiger partial charge in [-0.3, -0.25) is 0 Å². The summed E-state index contributed by atoms with van der Waals surface area (Å²) < 4.78 is 16.1. The van der Waals surface area contributed by atoms with Crippen molar-refractivity contribution in [3.05, 3.63) is 71.9 Å². The molecule has 124 valence electrons. The van der Waals surface area contributed by atoms with Crippen LogP contribution >= 0.6 is 0 Å². The first kappa shape index (κ1) is 16.1. The number of esters is 1. The minimum Gasteiger partial charge on any atom is -0.463 e. The summed E-state index contributed by atoms with van der Waals surface area (Å²) >= 11 is 0. The molecule has 2 aromatic heterocycles. The standard InChI is InChI=1S/C19H19NO4/c1-2-22-19(21)15-7-5-14(6-8-15)18-10-9-17(24-18)13-20-12-16-4-3-11-23-16/h3-11,20H,2,12-13H2,1H3/p+1. The molecule has 3 aromatic rings. The Labute approximate surface area is 140 Å². The minimum absolute atomic E-state index is 0.309. The van der Waals surface area contributed by atoms with Crippen molar-refractivity contribution in [2.24, 2.45) is 0 Å². The van der Waals surface area contributed by atoms with Crippen LogP contribution in [0, 0.1) is 0 Å². The van der Waals surface area contributed by atoms with Gasteiger partial charge in [0, 0.05) is 5.56 Å². The number of ether oxygens (including phenoxy) is 1. The zero-order valence-electron chi connectivity index (χ0n) is 13.5. The third-order valence-corrected chi connectivity index (χ3v) is 3.61. The summed E-state index contributed by atoms with van der Waals surface area (Å²) in [5, 5.41) is 2.12. The van der Waals surface area contributed by atoms with Crippen LogP contribution in [-0.2, 0) is 17.8 Å². The van der Waals surface area contributed by atoms with E-state index in [0.717, 1.165) is 35.9 Å². The van der Waals surface area contributed by atoms with Gasteiger partial charge in [0.25, 0.3) is 0 Å². The van der Waals surface area contributed by atoms with Crippen molar-refractivity contribution in [2.45, 2.75) is 20.0 Å². The zero-order chi connectivity index (χ0) is 16.8. The first-order valence-corrected chi connectivity index (χ1v) is 7.96. The molecule has 3 rings (SSSR count). The van der Waals surface area contributed by atoms with E-state index >= 15 is 0 Å². The Bertz CT molecular complexity index is 772.